The first-order valence-electron chi connectivity index (χ1n) is 7.02. The molecule has 2 aromatic rings. The van der Waals surface area contributed by atoms with E-state index in [1.54, 1.807) is 0 Å². The van der Waals surface area contributed by atoms with E-state index in [-0.39, 0.29) is 0 Å². The van der Waals surface area contributed by atoms with E-state index in [9.17, 15) is 0 Å². The first-order valence-corrected chi connectivity index (χ1v) is 7.02. The standard InChI is InChI=1S/C17H24N2/c1-15-10-11-16(2)19(15)13-7-12-18(3)14-17-8-5-4-6-9-17/h4-6,8-11H,7,12-14H2,1-3H3. The molecule has 0 amide bonds. The van der Waals surface area contributed by atoms with Gasteiger partial charge in [0, 0.05) is 24.5 Å². The molecule has 1 aromatic heterocycles. The van der Waals surface area contributed by atoms with Crippen molar-refractivity contribution in [1.29, 1.82) is 0 Å². The highest BCUT2D eigenvalue weighted by molar-refractivity contribution is 5.14. The molecule has 2 nitrogen and oxygen atoms in total. The Morgan fingerprint density at radius 3 is 2.21 bits per heavy atom. The lowest BCUT2D eigenvalue weighted by atomic mass is 10.2. The third-order valence-electron chi connectivity index (χ3n) is 3.63. The van der Waals surface area contributed by atoms with Crippen LogP contribution >= 0.6 is 0 Å². The highest BCUT2D eigenvalue weighted by atomic mass is 15.1. The van der Waals surface area contributed by atoms with Gasteiger partial charge < -0.3 is 9.47 Å². The molecule has 0 aliphatic heterocycles. The summed E-state index contributed by atoms with van der Waals surface area (Å²) in [4.78, 5) is 2.39. The number of aryl methyl sites for hydroxylation is 2. The first kappa shape index (κ1) is 13.9. The van der Waals surface area contributed by atoms with Crippen LogP contribution in [0, 0.1) is 13.8 Å². The highest BCUT2D eigenvalue weighted by Gasteiger charge is 2.03. The zero-order valence-electron chi connectivity index (χ0n) is 12.3. The SMILES string of the molecule is Cc1ccc(C)n1CCCN(C)Cc1ccccc1. The van der Waals surface area contributed by atoms with Gasteiger partial charge in [0.2, 0.25) is 0 Å². The number of aromatic nitrogens is 1. The third-order valence-corrected chi connectivity index (χ3v) is 3.63. The normalized spacial score (nSPS) is 11.2. The minimum absolute atomic E-state index is 1.03. The molecule has 1 heterocycles. The van der Waals surface area contributed by atoms with Crippen LogP contribution in [0.25, 0.3) is 0 Å². The average molecular weight is 256 g/mol. The average Bonchev–Trinajstić information content (AvgIpc) is 2.71. The van der Waals surface area contributed by atoms with Crippen LogP contribution in [0.15, 0.2) is 42.5 Å². The summed E-state index contributed by atoms with van der Waals surface area (Å²) < 4.78 is 2.40. The van der Waals surface area contributed by atoms with Crippen molar-refractivity contribution in [3.63, 3.8) is 0 Å². The van der Waals surface area contributed by atoms with Crippen LogP contribution in [-0.2, 0) is 13.1 Å². The molecule has 0 N–H and O–H groups in total. The maximum Gasteiger partial charge on any atom is 0.0236 e. The van der Waals surface area contributed by atoms with Gasteiger partial charge in [-0.15, -0.1) is 0 Å². The van der Waals surface area contributed by atoms with E-state index >= 15 is 0 Å². The topological polar surface area (TPSA) is 8.17 Å². The van der Waals surface area contributed by atoms with Gasteiger partial charge in [-0.2, -0.15) is 0 Å². The zero-order valence-corrected chi connectivity index (χ0v) is 12.3. The smallest absolute Gasteiger partial charge is 0.0236 e. The molecule has 0 bridgehead atoms. The Kier molecular flexibility index (Phi) is 4.80. The fourth-order valence-electron chi connectivity index (χ4n) is 2.52. The minimum Gasteiger partial charge on any atom is -0.349 e. The van der Waals surface area contributed by atoms with Crippen LogP contribution in [0.3, 0.4) is 0 Å². The van der Waals surface area contributed by atoms with E-state index in [1.165, 1.54) is 23.4 Å². The van der Waals surface area contributed by atoms with Crippen LogP contribution in [-0.4, -0.2) is 23.1 Å². The molecule has 19 heavy (non-hydrogen) atoms. The molecular formula is C17H24N2. The molecule has 1 aromatic carbocycles. The summed E-state index contributed by atoms with van der Waals surface area (Å²) in [5.74, 6) is 0. The van der Waals surface area contributed by atoms with Crippen molar-refractivity contribution >= 4 is 0 Å². The number of hydrogen-bond donors (Lipinski definition) is 0. The summed E-state index contributed by atoms with van der Waals surface area (Å²) in [6, 6.07) is 15.1. The van der Waals surface area contributed by atoms with E-state index in [4.69, 9.17) is 0 Å². The Labute approximate surface area is 116 Å². The van der Waals surface area contributed by atoms with Crippen molar-refractivity contribution in [3.05, 3.63) is 59.4 Å². The van der Waals surface area contributed by atoms with Gasteiger partial charge in [-0.1, -0.05) is 30.3 Å². The summed E-state index contributed by atoms with van der Waals surface area (Å²) in [5.41, 5.74) is 4.12. The molecule has 2 rings (SSSR count). The number of benzene rings is 1. The van der Waals surface area contributed by atoms with E-state index in [0.717, 1.165) is 19.6 Å². The molecule has 2 heteroatoms. The second kappa shape index (κ2) is 6.58. The lowest BCUT2D eigenvalue weighted by Crippen LogP contribution is -2.20. The van der Waals surface area contributed by atoms with Crippen LogP contribution in [0.1, 0.15) is 23.4 Å². The van der Waals surface area contributed by atoms with Crippen molar-refractivity contribution in [3.8, 4) is 0 Å². The van der Waals surface area contributed by atoms with Gasteiger partial charge in [-0.3, -0.25) is 0 Å². The van der Waals surface area contributed by atoms with Gasteiger partial charge in [-0.05, 0) is 51.6 Å². The number of nitrogens with zero attached hydrogens (tertiary/aromatic N) is 2. The molecule has 0 radical (unpaired) electrons. The molecular weight excluding hydrogens is 232 g/mol. The van der Waals surface area contributed by atoms with Crippen LogP contribution in [0.5, 0.6) is 0 Å². The van der Waals surface area contributed by atoms with E-state index in [2.05, 4.69) is 72.8 Å². The molecule has 0 atom stereocenters. The molecule has 0 aliphatic rings. The molecule has 0 saturated carbocycles. The maximum atomic E-state index is 2.40. The van der Waals surface area contributed by atoms with Gasteiger partial charge in [0.05, 0.1) is 0 Å². The van der Waals surface area contributed by atoms with E-state index < -0.39 is 0 Å². The van der Waals surface area contributed by atoms with Crippen molar-refractivity contribution < 1.29 is 0 Å². The second-order valence-corrected chi connectivity index (χ2v) is 5.34. The predicted molar refractivity (Wildman–Crippen MR) is 81.3 cm³/mol. The van der Waals surface area contributed by atoms with Gasteiger partial charge >= 0.3 is 0 Å². The summed E-state index contributed by atoms with van der Waals surface area (Å²) in [6.07, 6.45) is 1.19. The van der Waals surface area contributed by atoms with Crippen molar-refractivity contribution in [1.82, 2.24) is 9.47 Å². The Hall–Kier alpha value is -1.54. The van der Waals surface area contributed by atoms with Gasteiger partial charge in [0.15, 0.2) is 0 Å². The maximum absolute atomic E-state index is 2.40. The van der Waals surface area contributed by atoms with Gasteiger partial charge in [0.25, 0.3) is 0 Å². The minimum atomic E-state index is 1.03. The fourth-order valence-corrected chi connectivity index (χ4v) is 2.52. The third kappa shape index (κ3) is 3.97. The highest BCUT2D eigenvalue weighted by Crippen LogP contribution is 2.09. The van der Waals surface area contributed by atoms with Crippen LogP contribution in [0.2, 0.25) is 0 Å². The monoisotopic (exact) mass is 256 g/mol. The molecule has 0 fully saturated rings. The summed E-state index contributed by atoms with van der Waals surface area (Å²) in [7, 11) is 2.20. The number of rotatable bonds is 6. The van der Waals surface area contributed by atoms with Gasteiger partial charge in [-0.25, -0.2) is 0 Å². The quantitative estimate of drug-likeness (QED) is 0.766. The lowest BCUT2D eigenvalue weighted by Gasteiger charge is -2.17. The zero-order chi connectivity index (χ0) is 13.7. The van der Waals surface area contributed by atoms with E-state index in [0.29, 0.717) is 0 Å². The summed E-state index contributed by atoms with van der Waals surface area (Å²) >= 11 is 0. The Morgan fingerprint density at radius 1 is 0.947 bits per heavy atom. The first-order chi connectivity index (χ1) is 9.16. The lowest BCUT2D eigenvalue weighted by molar-refractivity contribution is 0.313. The molecule has 0 saturated heterocycles. The molecule has 0 aliphatic carbocycles. The van der Waals surface area contributed by atoms with Crippen molar-refractivity contribution in [2.45, 2.75) is 33.4 Å². The van der Waals surface area contributed by atoms with Crippen molar-refractivity contribution in [2.75, 3.05) is 13.6 Å². The largest absolute Gasteiger partial charge is 0.349 e. The van der Waals surface area contributed by atoms with E-state index in [1.807, 2.05) is 0 Å². The fraction of sp³-hybridized carbons (Fsp3) is 0.412. The Morgan fingerprint density at radius 2 is 1.58 bits per heavy atom. The predicted octanol–water partition coefficient (Wildman–Crippen LogP) is 3.63. The summed E-state index contributed by atoms with van der Waals surface area (Å²) in [6.45, 7) is 7.64. The Bertz CT molecular complexity index is 480. The van der Waals surface area contributed by atoms with Crippen molar-refractivity contribution in [2.24, 2.45) is 0 Å². The summed E-state index contributed by atoms with van der Waals surface area (Å²) in [5, 5.41) is 0. The van der Waals surface area contributed by atoms with Crippen LogP contribution in [0.4, 0.5) is 0 Å². The second-order valence-electron chi connectivity index (χ2n) is 5.34. The molecule has 0 unspecified atom stereocenters. The molecule has 102 valence electrons. The molecule has 0 spiro atoms. The Balaban J connectivity index is 1.77. The van der Waals surface area contributed by atoms with Crippen LogP contribution < -0.4 is 0 Å². The van der Waals surface area contributed by atoms with Gasteiger partial charge in [0.1, 0.15) is 0 Å². The number of hydrogen-bond acceptors (Lipinski definition) is 1.